The zero-order valence-electron chi connectivity index (χ0n) is 16.1. The highest BCUT2D eigenvalue weighted by molar-refractivity contribution is 7.90. The summed E-state index contributed by atoms with van der Waals surface area (Å²) in [4.78, 5) is 19.1. The molecule has 0 atom stereocenters. The van der Waals surface area contributed by atoms with E-state index in [-0.39, 0.29) is 11.7 Å². The van der Waals surface area contributed by atoms with Gasteiger partial charge in [-0.2, -0.15) is 0 Å². The van der Waals surface area contributed by atoms with Crippen molar-refractivity contribution in [3.63, 3.8) is 0 Å². The van der Waals surface area contributed by atoms with Crippen LogP contribution in [0, 0.1) is 19.8 Å². The predicted molar refractivity (Wildman–Crippen MR) is 105 cm³/mol. The van der Waals surface area contributed by atoms with Crippen molar-refractivity contribution < 1.29 is 13.2 Å². The first-order chi connectivity index (χ1) is 12.8. The smallest absolute Gasteiger partial charge is 0.255 e. The van der Waals surface area contributed by atoms with E-state index in [9.17, 15) is 13.2 Å². The van der Waals surface area contributed by atoms with Gasteiger partial charge < -0.3 is 4.90 Å². The fourth-order valence-corrected chi connectivity index (χ4v) is 5.52. The molecule has 0 N–H and O–H groups in total. The SMILES string of the molecule is Cc1cccc(C)c1S(=O)(=O)Cc1cncc(C(=O)N2CCC(C)CC2)c1. The number of aryl methyl sites for hydroxylation is 2. The second kappa shape index (κ2) is 7.80. The Kier molecular flexibility index (Phi) is 5.65. The standard InChI is InChI=1S/C21H26N2O3S/c1-15-7-9-23(10-8-15)21(24)19-11-18(12-22-13-19)14-27(25,26)20-16(2)5-4-6-17(20)3/h4-6,11-13,15H,7-10,14H2,1-3H3. The second-order valence-corrected chi connectivity index (χ2v) is 9.46. The summed E-state index contributed by atoms with van der Waals surface area (Å²) >= 11 is 0. The van der Waals surface area contributed by atoms with Gasteiger partial charge in [-0.05, 0) is 55.4 Å². The zero-order chi connectivity index (χ0) is 19.6. The van der Waals surface area contributed by atoms with Crippen molar-refractivity contribution in [3.8, 4) is 0 Å². The number of pyridine rings is 1. The lowest BCUT2D eigenvalue weighted by Crippen LogP contribution is -2.38. The third kappa shape index (κ3) is 4.38. The Bertz CT molecular complexity index is 925. The summed E-state index contributed by atoms with van der Waals surface area (Å²) in [5, 5.41) is 0. The minimum Gasteiger partial charge on any atom is -0.339 e. The molecule has 144 valence electrons. The van der Waals surface area contributed by atoms with Gasteiger partial charge in [-0.15, -0.1) is 0 Å². The van der Waals surface area contributed by atoms with E-state index in [4.69, 9.17) is 0 Å². The number of rotatable bonds is 4. The average molecular weight is 387 g/mol. The van der Waals surface area contributed by atoms with Gasteiger partial charge in [0.2, 0.25) is 0 Å². The molecular formula is C21H26N2O3S. The highest BCUT2D eigenvalue weighted by Crippen LogP contribution is 2.24. The van der Waals surface area contributed by atoms with Crippen LogP contribution in [-0.2, 0) is 15.6 Å². The number of likely N-dealkylation sites (tertiary alicyclic amines) is 1. The lowest BCUT2D eigenvalue weighted by atomic mass is 9.99. The molecule has 0 spiro atoms. The Balaban J connectivity index is 1.83. The summed E-state index contributed by atoms with van der Waals surface area (Å²) in [6.45, 7) is 7.28. The molecule has 1 aliphatic rings. The molecule has 5 nitrogen and oxygen atoms in total. The summed E-state index contributed by atoms with van der Waals surface area (Å²) in [5.74, 6) is 0.408. The minimum absolute atomic E-state index is 0.0688. The quantitative estimate of drug-likeness (QED) is 0.806. The molecule has 2 aromatic rings. The van der Waals surface area contributed by atoms with Gasteiger partial charge in [0.05, 0.1) is 16.2 Å². The monoisotopic (exact) mass is 386 g/mol. The molecule has 0 aliphatic carbocycles. The molecular weight excluding hydrogens is 360 g/mol. The van der Waals surface area contributed by atoms with Crippen molar-refractivity contribution in [1.82, 2.24) is 9.88 Å². The number of sulfone groups is 1. The molecule has 27 heavy (non-hydrogen) atoms. The highest BCUT2D eigenvalue weighted by atomic mass is 32.2. The maximum Gasteiger partial charge on any atom is 0.255 e. The van der Waals surface area contributed by atoms with Crippen molar-refractivity contribution in [3.05, 3.63) is 58.9 Å². The van der Waals surface area contributed by atoms with E-state index in [2.05, 4.69) is 11.9 Å². The number of hydrogen-bond donors (Lipinski definition) is 0. The topological polar surface area (TPSA) is 67.3 Å². The molecule has 1 aromatic carbocycles. The number of piperidine rings is 1. The molecule has 1 saturated heterocycles. The predicted octanol–water partition coefficient (Wildman–Crippen LogP) is 3.54. The van der Waals surface area contributed by atoms with Gasteiger partial charge in [-0.1, -0.05) is 25.1 Å². The van der Waals surface area contributed by atoms with Crippen molar-refractivity contribution in [1.29, 1.82) is 0 Å². The fourth-order valence-electron chi connectivity index (χ4n) is 3.66. The maximum absolute atomic E-state index is 12.9. The van der Waals surface area contributed by atoms with Crippen LogP contribution >= 0.6 is 0 Å². The molecule has 0 unspecified atom stereocenters. The van der Waals surface area contributed by atoms with Crippen LogP contribution in [0.25, 0.3) is 0 Å². The summed E-state index contributed by atoms with van der Waals surface area (Å²) in [6.07, 6.45) is 5.05. The van der Waals surface area contributed by atoms with Gasteiger partial charge in [-0.3, -0.25) is 9.78 Å². The third-order valence-corrected chi connectivity index (χ3v) is 7.17. The highest BCUT2D eigenvalue weighted by Gasteiger charge is 2.24. The van der Waals surface area contributed by atoms with Crippen LogP contribution < -0.4 is 0 Å². The molecule has 1 aromatic heterocycles. The lowest BCUT2D eigenvalue weighted by molar-refractivity contribution is 0.0696. The van der Waals surface area contributed by atoms with Crippen LogP contribution in [-0.4, -0.2) is 37.3 Å². The Hall–Kier alpha value is -2.21. The molecule has 1 fully saturated rings. The van der Waals surface area contributed by atoms with E-state index < -0.39 is 9.84 Å². The zero-order valence-corrected chi connectivity index (χ0v) is 16.9. The van der Waals surface area contributed by atoms with E-state index in [1.807, 2.05) is 11.0 Å². The van der Waals surface area contributed by atoms with Gasteiger partial charge in [0, 0.05) is 25.5 Å². The van der Waals surface area contributed by atoms with Gasteiger partial charge in [0.15, 0.2) is 9.84 Å². The van der Waals surface area contributed by atoms with Gasteiger partial charge >= 0.3 is 0 Å². The number of nitrogens with zero attached hydrogens (tertiary/aromatic N) is 2. The lowest BCUT2D eigenvalue weighted by Gasteiger charge is -2.30. The second-order valence-electron chi connectivity index (χ2n) is 7.54. The minimum atomic E-state index is -3.51. The summed E-state index contributed by atoms with van der Waals surface area (Å²) in [6, 6.07) is 7.12. The van der Waals surface area contributed by atoms with E-state index in [1.165, 1.54) is 12.4 Å². The van der Waals surface area contributed by atoms with Gasteiger partial charge in [-0.25, -0.2) is 8.42 Å². The number of benzene rings is 1. The van der Waals surface area contributed by atoms with Crippen molar-refractivity contribution in [2.75, 3.05) is 13.1 Å². The van der Waals surface area contributed by atoms with Crippen LogP contribution in [0.5, 0.6) is 0 Å². The fraction of sp³-hybridized carbons (Fsp3) is 0.429. The molecule has 1 aliphatic heterocycles. The number of hydrogen-bond acceptors (Lipinski definition) is 4. The molecule has 2 heterocycles. The molecule has 0 bridgehead atoms. The summed E-state index contributed by atoms with van der Waals surface area (Å²) in [7, 11) is -3.51. The van der Waals surface area contributed by atoms with E-state index in [1.54, 1.807) is 32.0 Å². The third-order valence-electron chi connectivity index (χ3n) is 5.19. The molecule has 0 radical (unpaired) electrons. The van der Waals surface area contributed by atoms with Crippen molar-refractivity contribution in [2.45, 2.75) is 44.3 Å². The molecule has 6 heteroatoms. The van der Waals surface area contributed by atoms with Crippen molar-refractivity contribution in [2.24, 2.45) is 5.92 Å². The number of amides is 1. The molecule has 1 amide bonds. The van der Waals surface area contributed by atoms with Crippen molar-refractivity contribution >= 4 is 15.7 Å². The van der Waals surface area contributed by atoms with Crippen LogP contribution in [0.4, 0.5) is 0 Å². The Labute approximate surface area is 161 Å². The first-order valence-electron chi connectivity index (χ1n) is 9.30. The normalized spacial score (nSPS) is 15.7. The first kappa shape index (κ1) is 19.5. The van der Waals surface area contributed by atoms with Gasteiger partial charge in [0.1, 0.15) is 0 Å². The Morgan fingerprint density at radius 3 is 2.41 bits per heavy atom. The van der Waals surface area contributed by atoms with Crippen LogP contribution in [0.2, 0.25) is 0 Å². The van der Waals surface area contributed by atoms with Crippen LogP contribution in [0.15, 0.2) is 41.6 Å². The summed E-state index contributed by atoms with van der Waals surface area (Å²) < 4.78 is 25.9. The average Bonchev–Trinajstić information content (AvgIpc) is 2.61. The van der Waals surface area contributed by atoms with Crippen LogP contribution in [0.3, 0.4) is 0 Å². The Morgan fingerprint density at radius 1 is 1.15 bits per heavy atom. The number of carbonyl (C=O) groups is 1. The largest absolute Gasteiger partial charge is 0.339 e. The van der Waals surface area contributed by atoms with E-state index >= 15 is 0 Å². The number of carbonyl (C=O) groups excluding carboxylic acids is 1. The molecule has 3 rings (SSSR count). The van der Waals surface area contributed by atoms with Crippen LogP contribution in [0.1, 0.15) is 46.8 Å². The first-order valence-corrected chi connectivity index (χ1v) is 11.0. The van der Waals surface area contributed by atoms with Gasteiger partial charge in [0.25, 0.3) is 5.91 Å². The Morgan fingerprint density at radius 2 is 1.78 bits per heavy atom. The number of aromatic nitrogens is 1. The van der Waals surface area contributed by atoms with E-state index in [0.717, 1.165) is 37.1 Å². The maximum atomic E-state index is 12.9. The summed E-state index contributed by atoms with van der Waals surface area (Å²) in [5.41, 5.74) is 2.46. The molecule has 0 saturated carbocycles. The van der Waals surface area contributed by atoms with E-state index in [0.29, 0.717) is 21.9 Å².